The van der Waals surface area contributed by atoms with Crippen molar-refractivity contribution >= 4 is 58.3 Å². The number of carbonyl (C=O) groups is 1. The van der Waals surface area contributed by atoms with Gasteiger partial charge in [0.05, 0.1) is 22.0 Å². The van der Waals surface area contributed by atoms with Gasteiger partial charge in [0.25, 0.3) is 5.91 Å². The first-order valence-electron chi connectivity index (χ1n) is 10.5. The maximum Gasteiger partial charge on any atom is 0.280 e. The number of carbonyl (C=O) groups excluding carboxylic acids is 1. The number of benzene rings is 3. The van der Waals surface area contributed by atoms with Crippen molar-refractivity contribution in [1.82, 2.24) is 0 Å². The molecule has 0 aliphatic carbocycles. The molecular formula is C27H18Cl2N2O2S. The van der Waals surface area contributed by atoms with E-state index in [1.54, 1.807) is 17.8 Å². The largest absolute Gasteiger partial charge is 0.457 e. The number of halogens is 2. The summed E-state index contributed by atoms with van der Waals surface area (Å²) in [6.45, 7) is 0. The van der Waals surface area contributed by atoms with E-state index in [0.717, 1.165) is 10.5 Å². The molecule has 5 rings (SSSR count). The summed E-state index contributed by atoms with van der Waals surface area (Å²) in [5.41, 5.74) is 2.67. The standard InChI is InChI=1S/C27H18Cl2N2O2S/c28-18-10-13-21(14-11-18)34-17-25-23(27(32)31(30-25)19-6-2-1-3-7-19)16-20-12-15-26(33-20)22-8-4-5-9-24(22)29/h1-16H,17H2/b23-16+. The van der Waals surface area contributed by atoms with Crippen LogP contribution in [0.3, 0.4) is 0 Å². The van der Waals surface area contributed by atoms with Gasteiger partial charge in [0.15, 0.2) is 0 Å². The van der Waals surface area contributed by atoms with E-state index >= 15 is 0 Å². The van der Waals surface area contributed by atoms with Crippen LogP contribution in [0.1, 0.15) is 5.76 Å². The van der Waals surface area contributed by atoms with Crippen molar-refractivity contribution in [1.29, 1.82) is 0 Å². The van der Waals surface area contributed by atoms with Gasteiger partial charge in [-0.25, -0.2) is 0 Å². The number of hydrazone groups is 1. The number of anilines is 1. The molecule has 1 aromatic heterocycles. The Hall–Kier alpha value is -3.25. The monoisotopic (exact) mass is 504 g/mol. The molecule has 0 atom stereocenters. The van der Waals surface area contributed by atoms with Crippen LogP contribution in [-0.2, 0) is 4.79 Å². The lowest BCUT2D eigenvalue weighted by Gasteiger charge is -2.10. The third-order valence-electron chi connectivity index (χ3n) is 5.20. The van der Waals surface area contributed by atoms with Crippen molar-refractivity contribution in [3.05, 3.63) is 112 Å². The van der Waals surface area contributed by atoms with Crippen LogP contribution in [-0.4, -0.2) is 17.4 Å². The minimum absolute atomic E-state index is 0.200. The molecule has 3 aromatic carbocycles. The van der Waals surface area contributed by atoms with Gasteiger partial charge in [-0.3, -0.25) is 4.79 Å². The molecule has 0 fully saturated rings. The lowest BCUT2D eigenvalue weighted by molar-refractivity contribution is -0.114. The molecular weight excluding hydrogens is 487 g/mol. The van der Waals surface area contributed by atoms with E-state index in [1.165, 1.54) is 5.01 Å². The zero-order chi connectivity index (χ0) is 23.5. The van der Waals surface area contributed by atoms with Crippen LogP contribution in [0.5, 0.6) is 0 Å². The maximum atomic E-state index is 13.4. The molecule has 0 saturated carbocycles. The molecule has 0 unspecified atom stereocenters. The molecule has 1 aliphatic heterocycles. The number of furan rings is 1. The predicted octanol–water partition coefficient (Wildman–Crippen LogP) is 7.83. The van der Waals surface area contributed by atoms with Crippen LogP contribution in [0.4, 0.5) is 5.69 Å². The molecule has 0 radical (unpaired) electrons. The van der Waals surface area contributed by atoms with E-state index in [4.69, 9.17) is 27.6 Å². The molecule has 7 heteroatoms. The van der Waals surface area contributed by atoms with Crippen LogP contribution in [0, 0.1) is 0 Å². The first kappa shape index (κ1) is 22.5. The summed E-state index contributed by atoms with van der Waals surface area (Å²) in [7, 11) is 0. The van der Waals surface area contributed by atoms with Crippen LogP contribution < -0.4 is 5.01 Å². The first-order chi connectivity index (χ1) is 16.6. The average molecular weight is 505 g/mol. The molecule has 4 nitrogen and oxygen atoms in total. The number of hydrogen-bond donors (Lipinski definition) is 0. The second-order valence-corrected chi connectivity index (χ2v) is 9.37. The van der Waals surface area contributed by atoms with Crippen molar-refractivity contribution in [2.45, 2.75) is 4.90 Å². The Labute approximate surface area is 211 Å². The Morgan fingerprint density at radius 3 is 2.38 bits per heavy atom. The SMILES string of the molecule is O=C1/C(=C/c2ccc(-c3ccccc3Cl)o2)C(CSc2ccc(Cl)cc2)=NN1c1ccccc1. The van der Waals surface area contributed by atoms with Gasteiger partial charge in [-0.1, -0.05) is 53.5 Å². The van der Waals surface area contributed by atoms with Gasteiger partial charge in [0.2, 0.25) is 0 Å². The van der Waals surface area contributed by atoms with E-state index in [9.17, 15) is 4.79 Å². The summed E-state index contributed by atoms with van der Waals surface area (Å²) in [6.07, 6.45) is 1.74. The number of amides is 1. The lowest BCUT2D eigenvalue weighted by Crippen LogP contribution is -2.21. The smallest absolute Gasteiger partial charge is 0.280 e. The Bertz CT molecular complexity index is 1400. The number of nitrogens with zero attached hydrogens (tertiary/aromatic N) is 2. The molecule has 0 bridgehead atoms. The third-order valence-corrected chi connectivity index (χ3v) is 6.80. The lowest BCUT2D eigenvalue weighted by atomic mass is 10.1. The molecule has 34 heavy (non-hydrogen) atoms. The summed E-state index contributed by atoms with van der Waals surface area (Å²) < 4.78 is 6.02. The Morgan fingerprint density at radius 2 is 1.62 bits per heavy atom. The van der Waals surface area contributed by atoms with Crippen molar-refractivity contribution in [3.8, 4) is 11.3 Å². The van der Waals surface area contributed by atoms with Crippen molar-refractivity contribution in [3.63, 3.8) is 0 Å². The Balaban J connectivity index is 1.46. The van der Waals surface area contributed by atoms with E-state index in [2.05, 4.69) is 5.10 Å². The van der Waals surface area contributed by atoms with Crippen LogP contribution in [0.25, 0.3) is 17.4 Å². The fourth-order valence-corrected chi connectivity index (χ4v) is 4.71. The molecule has 2 heterocycles. The average Bonchev–Trinajstić information content (AvgIpc) is 3.45. The summed E-state index contributed by atoms with van der Waals surface area (Å²) in [5, 5.41) is 7.37. The molecule has 1 aliphatic rings. The zero-order valence-corrected chi connectivity index (χ0v) is 20.1. The molecule has 4 aromatic rings. The number of rotatable bonds is 6. The molecule has 0 spiro atoms. The molecule has 168 valence electrons. The van der Waals surface area contributed by atoms with Crippen LogP contribution in [0.2, 0.25) is 10.0 Å². The fraction of sp³-hybridized carbons (Fsp3) is 0.0370. The van der Waals surface area contributed by atoms with Gasteiger partial charge < -0.3 is 4.42 Å². The summed E-state index contributed by atoms with van der Waals surface area (Å²) in [5.74, 6) is 1.50. The van der Waals surface area contributed by atoms with Crippen LogP contribution >= 0.6 is 35.0 Å². The summed E-state index contributed by atoms with van der Waals surface area (Å²) in [4.78, 5) is 14.4. The zero-order valence-electron chi connectivity index (χ0n) is 17.8. The van der Waals surface area contributed by atoms with Crippen molar-refractivity contribution in [2.24, 2.45) is 5.10 Å². The van der Waals surface area contributed by atoms with Gasteiger partial charge in [-0.15, -0.1) is 11.8 Å². The highest BCUT2D eigenvalue weighted by Gasteiger charge is 2.31. The second kappa shape index (κ2) is 9.94. The highest BCUT2D eigenvalue weighted by Crippen LogP contribution is 2.32. The maximum absolute atomic E-state index is 13.4. The summed E-state index contributed by atoms with van der Waals surface area (Å²) >= 11 is 13.9. The number of thioether (sulfide) groups is 1. The Kier molecular flexibility index (Phi) is 6.59. The summed E-state index contributed by atoms with van der Waals surface area (Å²) in [6, 6.07) is 28.1. The van der Waals surface area contributed by atoms with Crippen molar-refractivity contribution < 1.29 is 9.21 Å². The van der Waals surface area contributed by atoms with Crippen LogP contribution in [0.15, 0.2) is 111 Å². The minimum atomic E-state index is -0.200. The van der Waals surface area contributed by atoms with Gasteiger partial charge >= 0.3 is 0 Å². The highest BCUT2D eigenvalue weighted by atomic mass is 35.5. The van der Waals surface area contributed by atoms with E-state index < -0.39 is 0 Å². The number of para-hydroxylation sites is 1. The molecule has 1 amide bonds. The van der Waals surface area contributed by atoms with E-state index in [-0.39, 0.29) is 5.91 Å². The second-order valence-electron chi connectivity index (χ2n) is 7.48. The van der Waals surface area contributed by atoms with Gasteiger partial charge in [0, 0.05) is 21.2 Å². The molecule has 0 N–H and O–H groups in total. The topological polar surface area (TPSA) is 45.8 Å². The van der Waals surface area contributed by atoms with Gasteiger partial charge in [-0.2, -0.15) is 10.1 Å². The fourth-order valence-electron chi connectivity index (χ4n) is 3.51. The van der Waals surface area contributed by atoms with Gasteiger partial charge in [-0.05, 0) is 66.7 Å². The normalized spacial score (nSPS) is 14.6. The third kappa shape index (κ3) is 4.82. The molecule has 0 saturated heterocycles. The van der Waals surface area contributed by atoms with Crippen molar-refractivity contribution in [2.75, 3.05) is 10.8 Å². The highest BCUT2D eigenvalue weighted by molar-refractivity contribution is 8.00. The number of hydrogen-bond acceptors (Lipinski definition) is 4. The quantitative estimate of drug-likeness (QED) is 0.198. The first-order valence-corrected chi connectivity index (χ1v) is 12.2. The van der Waals surface area contributed by atoms with Gasteiger partial charge in [0.1, 0.15) is 11.5 Å². The minimum Gasteiger partial charge on any atom is -0.457 e. The van der Waals surface area contributed by atoms with E-state index in [0.29, 0.717) is 44.3 Å². The van der Waals surface area contributed by atoms with E-state index in [1.807, 2.05) is 91.0 Å². The predicted molar refractivity (Wildman–Crippen MR) is 141 cm³/mol. The Morgan fingerprint density at radius 1 is 0.882 bits per heavy atom.